The van der Waals surface area contributed by atoms with Crippen molar-refractivity contribution in [1.82, 2.24) is 9.78 Å². The van der Waals surface area contributed by atoms with Gasteiger partial charge in [0.05, 0.1) is 11.9 Å². The SMILES string of the molecule is Cc1c(CCC(=O)O)cnn1C1CCCS1(=O)=O. The van der Waals surface area contributed by atoms with Crippen LogP contribution in [-0.4, -0.2) is 35.0 Å². The highest BCUT2D eigenvalue weighted by molar-refractivity contribution is 7.91. The number of aryl methyl sites for hydroxylation is 1. The fraction of sp³-hybridized carbons (Fsp3) is 0.636. The number of carboxylic acids is 1. The van der Waals surface area contributed by atoms with Gasteiger partial charge in [0.1, 0.15) is 0 Å². The van der Waals surface area contributed by atoms with Crippen LogP contribution in [0.5, 0.6) is 0 Å². The van der Waals surface area contributed by atoms with Gasteiger partial charge in [-0.2, -0.15) is 5.10 Å². The highest BCUT2D eigenvalue weighted by Crippen LogP contribution is 2.31. The maximum atomic E-state index is 11.8. The van der Waals surface area contributed by atoms with E-state index in [0.29, 0.717) is 19.3 Å². The van der Waals surface area contributed by atoms with Crippen molar-refractivity contribution in [2.75, 3.05) is 5.75 Å². The van der Waals surface area contributed by atoms with E-state index in [1.807, 2.05) is 0 Å². The lowest BCUT2D eigenvalue weighted by Gasteiger charge is -2.12. The van der Waals surface area contributed by atoms with Crippen LogP contribution < -0.4 is 0 Å². The molecule has 1 unspecified atom stereocenters. The van der Waals surface area contributed by atoms with Gasteiger partial charge in [-0.3, -0.25) is 9.48 Å². The molecular formula is C11H16N2O4S. The number of carboxylic acid groups (broad SMARTS) is 1. The van der Waals surface area contributed by atoms with Crippen molar-refractivity contribution in [2.45, 2.75) is 38.0 Å². The van der Waals surface area contributed by atoms with Crippen LogP contribution in [0.1, 0.15) is 35.9 Å². The summed E-state index contributed by atoms with van der Waals surface area (Å²) in [6.45, 7) is 1.79. The Morgan fingerprint density at radius 2 is 2.33 bits per heavy atom. The lowest BCUT2D eigenvalue weighted by Crippen LogP contribution is -2.18. The molecule has 0 bridgehead atoms. The first-order valence-electron chi connectivity index (χ1n) is 5.88. The minimum absolute atomic E-state index is 0.0317. The zero-order chi connectivity index (χ0) is 13.3. The molecule has 1 aromatic heterocycles. The first-order chi connectivity index (χ1) is 8.42. The molecular weight excluding hydrogens is 256 g/mol. The van der Waals surface area contributed by atoms with Gasteiger partial charge in [0.2, 0.25) is 0 Å². The number of rotatable bonds is 4. The van der Waals surface area contributed by atoms with Crippen molar-refractivity contribution in [3.63, 3.8) is 0 Å². The van der Waals surface area contributed by atoms with E-state index in [2.05, 4.69) is 5.10 Å². The van der Waals surface area contributed by atoms with Crippen LogP contribution in [0.25, 0.3) is 0 Å². The summed E-state index contributed by atoms with van der Waals surface area (Å²) in [6, 6.07) is 0. The normalized spacial score (nSPS) is 22.2. The molecule has 0 aromatic carbocycles. The molecule has 0 saturated carbocycles. The standard InChI is InChI=1S/C11H16N2O4S/c1-8-9(4-5-11(14)15)7-12-13(8)10-3-2-6-18(10,16)17/h7,10H,2-6H2,1H3,(H,14,15). The lowest BCUT2D eigenvalue weighted by atomic mass is 10.1. The molecule has 6 nitrogen and oxygen atoms in total. The summed E-state index contributed by atoms with van der Waals surface area (Å²) in [4.78, 5) is 10.5. The Morgan fingerprint density at radius 3 is 2.89 bits per heavy atom. The second kappa shape index (κ2) is 4.72. The van der Waals surface area contributed by atoms with E-state index in [1.54, 1.807) is 13.1 Å². The van der Waals surface area contributed by atoms with E-state index in [-0.39, 0.29) is 12.2 Å². The van der Waals surface area contributed by atoms with Gasteiger partial charge in [-0.25, -0.2) is 8.42 Å². The molecule has 18 heavy (non-hydrogen) atoms. The Morgan fingerprint density at radius 1 is 1.61 bits per heavy atom. The van der Waals surface area contributed by atoms with Gasteiger partial charge in [-0.05, 0) is 31.7 Å². The fourth-order valence-corrected chi connectivity index (χ4v) is 4.17. The molecule has 100 valence electrons. The van der Waals surface area contributed by atoms with Crippen LogP contribution in [-0.2, 0) is 21.1 Å². The van der Waals surface area contributed by atoms with Crippen molar-refractivity contribution in [3.05, 3.63) is 17.5 Å². The van der Waals surface area contributed by atoms with Gasteiger partial charge in [0.25, 0.3) is 0 Å². The largest absolute Gasteiger partial charge is 0.481 e. The second-order valence-electron chi connectivity index (χ2n) is 4.56. The third kappa shape index (κ3) is 2.40. The summed E-state index contributed by atoms with van der Waals surface area (Å²) >= 11 is 0. The third-order valence-electron chi connectivity index (χ3n) is 3.32. The molecule has 0 spiro atoms. The lowest BCUT2D eigenvalue weighted by molar-refractivity contribution is -0.136. The summed E-state index contributed by atoms with van der Waals surface area (Å²) in [5, 5.41) is 12.2. The van der Waals surface area contributed by atoms with E-state index in [4.69, 9.17) is 5.11 Å². The van der Waals surface area contributed by atoms with Gasteiger partial charge in [-0.15, -0.1) is 0 Å². The van der Waals surface area contributed by atoms with E-state index >= 15 is 0 Å². The molecule has 2 rings (SSSR count). The van der Waals surface area contributed by atoms with E-state index in [9.17, 15) is 13.2 Å². The Labute approximate surface area is 106 Å². The van der Waals surface area contributed by atoms with Crippen LogP contribution in [0.4, 0.5) is 0 Å². The molecule has 7 heteroatoms. The predicted molar refractivity (Wildman–Crippen MR) is 65.0 cm³/mol. The van der Waals surface area contributed by atoms with Crippen molar-refractivity contribution in [1.29, 1.82) is 0 Å². The smallest absolute Gasteiger partial charge is 0.303 e. The van der Waals surface area contributed by atoms with Gasteiger partial charge in [0.15, 0.2) is 15.2 Å². The first-order valence-corrected chi connectivity index (χ1v) is 7.59. The number of aliphatic carboxylic acids is 1. The molecule has 1 aromatic rings. The molecule has 1 aliphatic rings. The second-order valence-corrected chi connectivity index (χ2v) is 6.84. The number of sulfone groups is 1. The summed E-state index contributed by atoms with van der Waals surface area (Å²) in [7, 11) is -3.10. The fourth-order valence-electron chi connectivity index (χ4n) is 2.29. The molecule has 0 aliphatic carbocycles. The maximum absolute atomic E-state index is 11.8. The van der Waals surface area contributed by atoms with Crippen LogP contribution in [0.2, 0.25) is 0 Å². The average Bonchev–Trinajstić information content (AvgIpc) is 2.79. The van der Waals surface area contributed by atoms with Gasteiger partial charge >= 0.3 is 5.97 Å². The third-order valence-corrected chi connectivity index (χ3v) is 5.44. The Balaban J connectivity index is 2.23. The minimum atomic E-state index is -3.10. The Kier molecular flexibility index (Phi) is 3.43. The highest BCUT2D eigenvalue weighted by atomic mass is 32.2. The Hall–Kier alpha value is -1.37. The summed E-state index contributed by atoms with van der Waals surface area (Å²) in [5.74, 6) is -0.655. The summed E-state index contributed by atoms with van der Waals surface area (Å²) in [5.41, 5.74) is 1.56. The maximum Gasteiger partial charge on any atom is 0.303 e. The zero-order valence-electron chi connectivity index (χ0n) is 10.2. The molecule has 1 atom stereocenters. The number of aromatic nitrogens is 2. The molecule has 1 fully saturated rings. The van der Waals surface area contributed by atoms with Gasteiger partial charge in [-0.1, -0.05) is 0 Å². The molecule has 1 N–H and O–H groups in total. The van der Waals surface area contributed by atoms with Crippen LogP contribution in [0.3, 0.4) is 0 Å². The molecule has 1 saturated heterocycles. The predicted octanol–water partition coefficient (Wildman–Crippen LogP) is 0.916. The van der Waals surface area contributed by atoms with E-state index in [0.717, 1.165) is 11.3 Å². The van der Waals surface area contributed by atoms with Crippen molar-refractivity contribution < 1.29 is 18.3 Å². The molecule has 2 heterocycles. The van der Waals surface area contributed by atoms with Crippen molar-refractivity contribution in [3.8, 4) is 0 Å². The Bertz CT molecular complexity index is 562. The number of hydrogen-bond acceptors (Lipinski definition) is 4. The van der Waals surface area contributed by atoms with Crippen LogP contribution in [0, 0.1) is 6.92 Å². The monoisotopic (exact) mass is 272 g/mol. The molecule has 0 radical (unpaired) electrons. The molecule has 1 aliphatic heterocycles. The van der Waals surface area contributed by atoms with Gasteiger partial charge in [0, 0.05) is 12.1 Å². The number of hydrogen-bond donors (Lipinski definition) is 1. The van der Waals surface area contributed by atoms with Gasteiger partial charge < -0.3 is 5.11 Å². The van der Waals surface area contributed by atoms with Crippen LogP contribution in [0.15, 0.2) is 6.20 Å². The minimum Gasteiger partial charge on any atom is -0.481 e. The van der Waals surface area contributed by atoms with Crippen molar-refractivity contribution >= 4 is 15.8 Å². The van der Waals surface area contributed by atoms with E-state index < -0.39 is 21.2 Å². The summed E-state index contributed by atoms with van der Waals surface area (Å²) in [6.07, 6.45) is 3.24. The number of carbonyl (C=O) groups is 1. The topological polar surface area (TPSA) is 89.3 Å². The summed E-state index contributed by atoms with van der Waals surface area (Å²) < 4.78 is 25.2. The molecule has 0 amide bonds. The van der Waals surface area contributed by atoms with E-state index in [1.165, 1.54) is 4.68 Å². The average molecular weight is 272 g/mol. The quantitative estimate of drug-likeness (QED) is 0.880. The zero-order valence-corrected chi connectivity index (χ0v) is 11.0. The van der Waals surface area contributed by atoms with Crippen molar-refractivity contribution in [2.24, 2.45) is 0 Å². The number of nitrogens with zero attached hydrogens (tertiary/aromatic N) is 2. The first kappa shape index (κ1) is 13.1. The highest BCUT2D eigenvalue weighted by Gasteiger charge is 2.34. The van der Waals surface area contributed by atoms with Crippen LogP contribution >= 0.6 is 0 Å².